The van der Waals surface area contributed by atoms with Crippen molar-refractivity contribution in [2.24, 2.45) is 4.99 Å². The number of carbonyl (C=O) groups is 1. The molecule has 0 aliphatic rings. The van der Waals surface area contributed by atoms with Crippen LogP contribution in [0.5, 0.6) is 0 Å². The zero-order chi connectivity index (χ0) is 16.4. The van der Waals surface area contributed by atoms with E-state index in [9.17, 15) is 4.79 Å². The number of guanidine groups is 1. The van der Waals surface area contributed by atoms with E-state index in [4.69, 9.17) is 0 Å². The van der Waals surface area contributed by atoms with E-state index in [-0.39, 0.29) is 29.9 Å². The first-order valence-corrected chi connectivity index (χ1v) is 7.86. The number of halogens is 1. The quantitative estimate of drug-likeness (QED) is 0.379. The maximum Gasteiger partial charge on any atom is 0.242 e. The van der Waals surface area contributed by atoms with Crippen LogP contribution in [0.1, 0.15) is 20.8 Å². The Morgan fingerprint density at radius 3 is 2.52 bits per heavy atom. The maximum absolute atomic E-state index is 12.2. The topological polar surface area (TPSA) is 65.8 Å². The largest absolute Gasteiger partial charge is 0.357 e. The molecule has 0 bridgehead atoms. The molecule has 1 amide bonds. The number of hydrogen-bond donors (Lipinski definition) is 1. The van der Waals surface area contributed by atoms with Crippen LogP contribution in [0.4, 0.5) is 0 Å². The summed E-state index contributed by atoms with van der Waals surface area (Å²) in [5.74, 6) is 0.861. The van der Waals surface area contributed by atoms with Gasteiger partial charge in [-0.1, -0.05) is 0 Å². The van der Waals surface area contributed by atoms with Crippen LogP contribution in [0, 0.1) is 0 Å². The van der Waals surface area contributed by atoms with Gasteiger partial charge in [0.2, 0.25) is 5.91 Å². The molecular formula is C15H29IN6O. The first-order valence-electron chi connectivity index (χ1n) is 7.86. The summed E-state index contributed by atoms with van der Waals surface area (Å²) in [6, 6.07) is 1.89. The van der Waals surface area contributed by atoms with E-state index < -0.39 is 0 Å². The first kappa shape index (κ1) is 21.7. The van der Waals surface area contributed by atoms with Gasteiger partial charge in [0, 0.05) is 39.1 Å². The van der Waals surface area contributed by atoms with Crippen LogP contribution in [0.25, 0.3) is 0 Å². The van der Waals surface area contributed by atoms with Crippen LogP contribution in [0.2, 0.25) is 0 Å². The predicted octanol–water partition coefficient (Wildman–Crippen LogP) is 1.27. The Kier molecular flexibility index (Phi) is 11.4. The zero-order valence-corrected chi connectivity index (χ0v) is 16.9. The molecule has 0 saturated heterocycles. The number of amides is 1. The van der Waals surface area contributed by atoms with Crippen LogP contribution < -0.4 is 5.32 Å². The minimum absolute atomic E-state index is 0. The summed E-state index contributed by atoms with van der Waals surface area (Å²) >= 11 is 0. The second-order valence-electron chi connectivity index (χ2n) is 4.93. The molecule has 0 radical (unpaired) electrons. The lowest BCUT2D eigenvalue weighted by Gasteiger charge is -2.25. The Morgan fingerprint density at radius 1 is 1.30 bits per heavy atom. The lowest BCUT2D eigenvalue weighted by atomic mass is 10.4. The third-order valence-electron chi connectivity index (χ3n) is 3.33. The van der Waals surface area contributed by atoms with Crippen molar-refractivity contribution in [1.29, 1.82) is 0 Å². The van der Waals surface area contributed by atoms with E-state index in [2.05, 4.69) is 15.4 Å². The molecule has 7 nitrogen and oxygen atoms in total. The number of likely N-dealkylation sites (N-methyl/N-ethyl adjacent to an activating group) is 2. The predicted molar refractivity (Wildman–Crippen MR) is 104 cm³/mol. The fourth-order valence-corrected chi connectivity index (χ4v) is 2.11. The summed E-state index contributed by atoms with van der Waals surface area (Å²) in [5, 5.41) is 7.37. The molecular weight excluding hydrogens is 407 g/mol. The number of hydrogen-bond acceptors (Lipinski definition) is 3. The third kappa shape index (κ3) is 7.67. The number of carbonyl (C=O) groups excluding carboxylic acids is 1. The van der Waals surface area contributed by atoms with E-state index in [1.165, 1.54) is 0 Å². The minimum Gasteiger partial charge on any atom is -0.357 e. The summed E-state index contributed by atoms with van der Waals surface area (Å²) in [7, 11) is 1.89. The van der Waals surface area contributed by atoms with Crippen molar-refractivity contribution in [2.75, 3.05) is 39.8 Å². The van der Waals surface area contributed by atoms with Crippen molar-refractivity contribution >= 4 is 35.8 Å². The van der Waals surface area contributed by atoms with Gasteiger partial charge in [0.15, 0.2) is 5.96 Å². The molecule has 23 heavy (non-hydrogen) atoms. The van der Waals surface area contributed by atoms with Gasteiger partial charge in [0.25, 0.3) is 0 Å². The summed E-state index contributed by atoms with van der Waals surface area (Å²) in [6.45, 7) is 9.90. The molecule has 132 valence electrons. The molecule has 0 aromatic carbocycles. The van der Waals surface area contributed by atoms with Crippen molar-refractivity contribution in [1.82, 2.24) is 24.9 Å². The van der Waals surface area contributed by atoms with Crippen molar-refractivity contribution < 1.29 is 4.79 Å². The van der Waals surface area contributed by atoms with Crippen LogP contribution in [-0.4, -0.2) is 71.2 Å². The highest BCUT2D eigenvalue weighted by Gasteiger charge is 2.14. The molecule has 0 atom stereocenters. The average Bonchev–Trinajstić information content (AvgIpc) is 3.00. The van der Waals surface area contributed by atoms with Crippen molar-refractivity contribution in [3.05, 3.63) is 18.5 Å². The van der Waals surface area contributed by atoms with Crippen molar-refractivity contribution in [2.45, 2.75) is 27.3 Å². The van der Waals surface area contributed by atoms with Gasteiger partial charge in [-0.2, -0.15) is 5.10 Å². The molecule has 1 aromatic rings. The van der Waals surface area contributed by atoms with Crippen molar-refractivity contribution in [3.8, 4) is 0 Å². The highest BCUT2D eigenvalue weighted by molar-refractivity contribution is 14.0. The second kappa shape index (κ2) is 12.1. The smallest absolute Gasteiger partial charge is 0.242 e. The highest BCUT2D eigenvalue weighted by Crippen LogP contribution is 1.94. The number of rotatable bonds is 8. The Balaban J connectivity index is 0.00000484. The van der Waals surface area contributed by atoms with Gasteiger partial charge in [-0.25, -0.2) is 0 Å². The van der Waals surface area contributed by atoms with Gasteiger partial charge in [-0.15, -0.1) is 24.0 Å². The van der Waals surface area contributed by atoms with Crippen LogP contribution in [-0.2, 0) is 11.3 Å². The molecule has 8 heteroatoms. The van der Waals surface area contributed by atoms with Crippen LogP contribution in [0.15, 0.2) is 23.5 Å². The fraction of sp³-hybridized carbons (Fsp3) is 0.667. The van der Waals surface area contributed by atoms with E-state index in [0.29, 0.717) is 13.1 Å². The van der Waals surface area contributed by atoms with E-state index in [1.54, 1.807) is 6.20 Å². The van der Waals surface area contributed by atoms with Crippen LogP contribution >= 0.6 is 24.0 Å². The molecule has 0 saturated carbocycles. The number of nitrogens with one attached hydrogen (secondary N) is 1. The lowest BCUT2D eigenvalue weighted by molar-refractivity contribution is -0.131. The normalized spacial score (nSPS) is 10.9. The van der Waals surface area contributed by atoms with Gasteiger partial charge < -0.3 is 15.1 Å². The number of aliphatic imine (C=N–C) groups is 1. The van der Waals surface area contributed by atoms with Gasteiger partial charge in [-0.05, 0) is 26.8 Å². The first-order chi connectivity index (χ1) is 10.6. The van der Waals surface area contributed by atoms with Crippen molar-refractivity contribution in [3.63, 3.8) is 0 Å². The Morgan fingerprint density at radius 2 is 2.00 bits per heavy atom. The Labute approximate surface area is 156 Å². The molecule has 0 aliphatic carbocycles. The summed E-state index contributed by atoms with van der Waals surface area (Å²) in [5.41, 5.74) is 0. The van der Waals surface area contributed by atoms with Gasteiger partial charge in [0.1, 0.15) is 0 Å². The van der Waals surface area contributed by atoms with E-state index in [0.717, 1.165) is 32.1 Å². The highest BCUT2D eigenvalue weighted by atomic mass is 127. The average molecular weight is 436 g/mol. The fourth-order valence-electron chi connectivity index (χ4n) is 2.11. The SMILES string of the molecule is CCNC(=NCCn1cccn1)N(C)CC(=O)N(CC)CC.I. The summed E-state index contributed by atoms with van der Waals surface area (Å²) < 4.78 is 1.84. The van der Waals surface area contributed by atoms with Gasteiger partial charge >= 0.3 is 0 Å². The standard InChI is InChI=1S/C15H28N6O.HI/c1-5-16-15(17-10-12-21-11-8-9-18-21)19(4)13-14(22)20(6-2)7-3;/h8-9,11H,5-7,10,12-13H2,1-4H3,(H,16,17);1H. The van der Waals surface area contributed by atoms with Gasteiger partial charge in [0.05, 0.1) is 19.6 Å². The third-order valence-corrected chi connectivity index (χ3v) is 3.33. The summed E-state index contributed by atoms with van der Waals surface area (Å²) in [6.07, 6.45) is 3.67. The monoisotopic (exact) mass is 436 g/mol. The van der Waals surface area contributed by atoms with Gasteiger partial charge in [-0.3, -0.25) is 14.5 Å². The van der Waals surface area contributed by atoms with E-state index >= 15 is 0 Å². The molecule has 0 unspecified atom stereocenters. The minimum atomic E-state index is 0. The molecule has 0 spiro atoms. The Bertz CT molecular complexity index is 459. The molecule has 0 fully saturated rings. The maximum atomic E-state index is 12.2. The summed E-state index contributed by atoms with van der Waals surface area (Å²) in [4.78, 5) is 20.4. The molecule has 0 aliphatic heterocycles. The lowest BCUT2D eigenvalue weighted by Crippen LogP contribution is -2.45. The molecule has 1 rings (SSSR count). The molecule has 1 N–H and O–H groups in total. The molecule has 1 heterocycles. The Hall–Kier alpha value is -1.32. The zero-order valence-electron chi connectivity index (χ0n) is 14.5. The second-order valence-corrected chi connectivity index (χ2v) is 4.93. The number of nitrogens with zero attached hydrogens (tertiary/aromatic N) is 5. The molecule has 1 aromatic heterocycles. The van der Waals surface area contributed by atoms with E-state index in [1.807, 2.05) is 54.6 Å². The van der Waals surface area contributed by atoms with Crippen LogP contribution in [0.3, 0.4) is 0 Å². The number of aromatic nitrogens is 2.